The number of nitrogens with zero attached hydrogens (tertiary/aromatic N) is 2. The number of sulfone groups is 1. The average molecular weight is 347 g/mol. The van der Waals surface area contributed by atoms with Gasteiger partial charge in [-0.25, -0.2) is 13.4 Å². The molecule has 24 heavy (non-hydrogen) atoms. The molecule has 0 radical (unpaired) electrons. The molecule has 1 N–H and O–H groups in total. The fraction of sp³-hybridized carbons (Fsp3) is 0.412. The van der Waals surface area contributed by atoms with Crippen LogP contribution in [0.1, 0.15) is 28.2 Å². The van der Waals surface area contributed by atoms with E-state index in [1.807, 2.05) is 42.7 Å². The van der Waals surface area contributed by atoms with Crippen LogP contribution < -0.4 is 5.32 Å². The predicted molar refractivity (Wildman–Crippen MR) is 92.1 cm³/mol. The normalized spacial score (nSPS) is 19.3. The summed E-state index contributed by atoms with van der Waals surface area (Å²) in [6, 6.07) is 7.48. The first-order chi connectivity index (χ1) is 11.4. The van der Waals surface area contributed by atoms with Crippen LogP contribution in [0.3, 0.4) is 0 Å². The number of hydrogen-bond acceptors (Lipinski definition) is 4. The minimum absolute atomic E-state index is 0.0122. The van der Waals surface area contributed by atoms with E-state index in [0.717, 1.165) is 17.2 Å². The van der Waals surface area contributed by atoms with Gasteiger partial charge in [-0.05, 0) is 44.4 Å². The van der Waals surface area contributed by atoms with Gasteiger partial charge in [-0.2, -0.15) is 0 Å². The number of hydrogen-bond donors (Lipinski definition) is 1. The van der Waals surface area contributed by atoms with E-state index in [9.17, 15) is 13.2 Å². The lowest BCUT2D eigenvalue weighted by atomic mass is 10.1. The summed E-state index contributed by atoms with van der Waals surface area (Å²) in [5.74, 6) is 1.00. The molecule has 1 aliphatic heterocycles. The van der Waals surface area contributed by atoms with E-state index < -0.39 is 9.84 Å². The monoisotopic (exact) mass is 347 g/mol. The fourth-order valence-corrected chi connectivity index (χ4v) is 5.06. The molecule has 2 aromatic heterocycles. The lowest BCUT2D eigenvalue weighted by Crippen LogP contribution is -2.30. The van der Waals surface area contributed by atoms with E-state index in [2.05, 4.69) is 10.3 Å². The molecular weight excluding hydrogens is 326 g/mol. The molecule has 3 rings (SSSR count). The molecule has 1 atom stereocenters. The molecule has 1 aliphatic rings. The summed E-state index contributed by atoms with van der Waals surface area (Å²) < 4.78 is 24.9. The van der Waals surface area contributed by atoms with Crippen LogP contribution >= 0.6 is 0 Å². The zero-order valence-corrected chi connectivity index (χ0v) is 14.6. The Kier molecular flexibility index (Phi) is 4.45. The van der Waals surface area contributed by atoms with Crippen molar-refractivity contribution < 1.29 is 13.2 Å². The molecule has 0 aromatic carbocycles. The standard InChI is InChI=1S/C17H21N3O3S/c1-12-9-15(13(2)20(12)16-5-3-4-7-18-16)17(21)19-10-14-6-8-24(22,23)11-14/h3-5,7,9,14H,6,8,10-11H2,1-2H3,(H,19,21). The summed E-state index contributed by atoms with van der Waals surface area (Å²) in [4.78, 5) is 16.8. The van der Waals surface area contributed by atoms with E-state index in [0.29, 0.717) is 18.5 Å². The molecular formula is C17H21N3O3S. The molecule has 128 valence electrons. The number of aromatic nitrogens is 2. The highest BCUT2D eigenvalue weighted by Crippen LogP contribution is 2.20. The highest BCUT2D eigenvalue weighted by Gasteiger charge is 2.28. The second-order valence-electron chi connectivity index (χ2n) is 6.29. The number of aryl methyl sites for hydroxylation is 1. The van der Waals surface area contributed by atoms with E-state index in [4.69, 9.17) is 0 Å². The van der Waals surface area contributed by atoms with Crippen molar-refractivity contribution in [2.75, 3.05) is 18.1 Å². The number of rotatable bonds is 4. The van der Waals surface area contributed by atoms with Crippen molar-refractivity contribution in [3.8, 4) is 5.82 Å². The summed E-state index contributed by atoms with van der Waals surface area (Å²) in [7, 11) is -2.92. The second-order valence-corrected chi connectivity index (χ2v) is 8.52. The van der Waals surface area contributed by atoms with E-state index >= 15 is 0 Å². The molecule has 0 spiro atoms. The smallest absolute Gasteiger partial charge is 0.253 e. The van der Waals surface area contributed by atoms with Gasteiger partial charge in [0.25, 0.3) is 5.91 Å². The summed E-state index contributed by atoms with van der Waals surface area (Å²) in [5.41, 5.74) is 2.35. The largest absolute Gasteiger partial charge is 0.352 e. The highest BCUT2D eigenvalue weighted by molar-refractivity contribution is 7.91. The Morgan fingerprint density at radius 3 is 2.79 bits per heavy atom. The Labute approximate surface area is 141 Å². The van der Waals surface area contributed by atoms with Gasteiger partial charge in [0.15, 0.2) is 9.84 Å². The van der Waals surface area contributed by atoms with Crippen LogP contribution in [0.2, 0.25) is 0 Å². The number of carbonyl (C=O) groups excluding carboxylic acids is 1. The van der Waals surface area contributed by atoms with Gasteiger partial charge in [0, 0.05) is 24.1 Å². The number of amides is 1. The summed E-state index contributed by atoms with van der Waals surface area (Å²) >= 11 is 0. The van der Waals surface area contributed by atoms with Gasteiger partial charge in [-0.1, -0.05) is 6.07 Å². The van der Waals surface area contributed by atoms with Crippen LogP contribution in [0.5, 0.6) is 0 Å². The Bertz CT molecular complexity index is 857. The van der Waals surface area contributed by atoms with Gasteiger partial charge in [0.05, 0.1) is 17.1 Å². The van der Waals surface area contributed by atoms with Crippen molar-refractivity contribution >= 4 is 15.7 Å². The third-order valence-electron chi connectivity index (χ3n) is 4.43. The molecule has 6 nitrogen and oxygen atoms in total. The van der Waals surface area contributed by atoms with Gasteiger partial charge in [0.1, 0.15) is 5.82 Å². The molecule has 1 amide bonds. The molecule has 0 saturated carbocycles. The first-order valence-corrected chi connectivity index (χ1v) is 9.78. The van der Waals surface area contributed by atoms with Crippen molar-refractivity contribution in [3.05, 3.63) is 47.4 Å². The first-order valence-electron chi connectivity index (χ1n) is 7.96. The van der Waals surface area contributed by atoms with E-state index in [-0.39, 0.29) is 23.3 Å². The van der Waals surface area contributed by atoms with Gasteiger partial charge < -0.3 is 9.88 Å². The van der Waals surface area contributed by atoms with Gasteiger partial charge in [-0.3, -0.25) is 4.79 Å². The Balaban J connectivity index is 1.74. The van der Waals surface area contributed by atoms with Gasteiger partial charge in [-0.15, -0.1) is 0 Å². The van der Waals surface area contributed by atoms with Crippen LogP contribution in [-0.2, 0) is 9.84 Å². The van der Waals surface area contributed by atoms with Crippen LogP contribution in [-0.4, -0.2) is 41.9 Å². The van der Waals surface area contributed by atoms with Crippen LogP contribution in [0.4, 0.5) is 0 Å². The van der Waals surface area contributed by atoms with Gasteiger partial charge >= 0.3 is 0 Å². The minimum Gasteiger partial charge on any atom is -0.352 e. The molecule has 1 saturated heterocycles. The molecule has 2 aromatic rings. The van der Waals surface area contributed by atoms with Crippen molar-refractivity contribution in [1.29, 1.82) is 0 Å². The van der Waals surface area contributed by atoms with Crippen molar-refractivity contribution in [1.82, 2.24) is 14.9 Å². The van der Waals surface area contributed by atoms with Crippen molar-refractivity contribution in [2.24, 2.45) is 5.92 Å². The fourth-order valence-electron chi connectivity index (χ4n) is 3.20. The Hall–Kier alpha value is -2.15. The lowest BCUT2D eigenvalue weighted by Gasteiger charge is -2.11. The lowest BCUT2D eigenvalue weighted by molar-refractivity contribution is 0.0948. The molecule has 0 bridgehead atoms. The average Bonchev–Trinajstić information content (AvgIpc) is 3.05. The molecule has 1 unspecified atom stereocenters. The van der Waals surface area contributed by atoms with Crippen LogP contribution in [0, 0.1) is 19.8 Å². The molecule has 3 heterocycles. The summed E-state index contributed by atoms with van der Waals surface area (Å²) in [5, 5.41) is 2.87. The maximum absolute atomic E-state index is 12.5. The predicted octanol–water partition coefficient (Wildman–Crippen LogP) is 1.65. The Morgan fingerprint density at radius 1 is 1.38 bits per heavy atom. The number of carbonyl (C=O) groups is 1. The van der Waals surface area contributed by atoms with Crippen molar-refractivity contribution in [2.45, 2.75) is 20.3 Å². The number of nitrogens with one attached hydrogen (secondary N) is 1. The maximum Gasteiger partial charge on any atom is 0.253 e. The van der Waals surface area contributed by atoms with Crippen LogP contribution in [0.25, 0.3) is 5.82 Å². The zero-order chi connectivity index (χ0) is 17.3. The van der Waals surface area contributed by atoms with Crippen LogP contribution in [0.15, 0.2) is 30.5 Å². The molecule has 7 heteroatoms. The summed E-state index contributed by atoms with van der Waals surface area (Å²) in [6.45, 7) is 4.21. The molecule has 0 aliphatic carbocycles. The van der Waals surface area contributed by atoms with E-state index in [1.165, 1.54) is 0 Å². The Morgan fingerprint density at radius 2 is 2.17 bits per heavy atom. The minimum atomic E-state index is -2.92. The highest BCUT2D eigenvalue weighted by atomic mass is 32.2. The third-order valence-corrected chi connectivity index (χ3v) is 6.27. The summed E-state index contributed by atoms with van der Waals surface area (Å²) in [6.07, 6.45) is 2.34. The topological polar surface area (TPSA) is 81.1 Å². The number of pyridine rings is 1. The zero-order valence-electron chi connectivity index (χ0n) is 13.8. The third kappa shape index (κ3) is 3.36. The second kappa shape index (κ2) is 6.39. The maximum atomic E-state index is 12.5. The van der Waals surface area contributed by atoms with Crippen molar-refractivity contribution in [3.63, 3.8) is 0 Å². The first kappa shape index (κ1) is 16.7. The van der Waals surface area contributed by atoms with Gasteiger partial charge in [0.2, 0.25) is 0 Å². The molecule has 1 fully saturated rings. The SMILES string of the molecule is Cc1cc(C(=O)NCC2CCS(=O)(=O)C2)c(C)n1-c1ccccn1. The quantitative estimate of drug-likeness (QED) is 0.912. The van der Waals surface area contributed by atoms with E-state index in [1.54, 1.807) is 6.20 Å².